The second kappa shape index (κ2) is 9.00. The molecule has 1 atom stereocenters. The van der Waals surface area contributed by atoms with Crippen LogP contribution in [0.25, 0.3) is 0 Å². The molecule has 0 radical (unpaired) electrons. The molecule has 7 heteroatoms. The molecule has 0 aliphatic heterocycles. The highest BCUT2D eigenvalue weighted by atomic mass is 35.5. The van der Waals surface area contributed by atoms with Crippen LogP contribution in [0.4, 0.5) is 0 Å². The van der Waals surface area contributed by atoms with Gasteiger partial charge in [-0.2, -0.15) is 0 Å². The molecule has 118 valence electrons. The summed E-state index contributed by atoms with van der Waals surface area (Å²) in [5, 5.41) is 1.78. The maximum Gasteiger partial charge on any atom is 0.357 e. The van der Waals surface area contributed by atoms with Crippen molar-refractivity contribution >= 4 is 34.8 Å². The van der Waals surface area contributed by atoms with Crippen LogP contribution in [0.2, 0.25) is 0 Å². The van der Waals surface area contributed by atoms with Crippen molar-refractivity contribution in [3.63, 3.8) is 0 Å². The summed E-state index contributed by atoms with van der Waals surface area (Å²) in [5.74, 6) is -0.574. The van der Waals surface area contributed by atoms with E-state index in [0.29, 0.717) is 18.1 Å². The van der Waals surface area contributed by atoms with Gasteiger partial charge in [0.25, 0.3) is 0 Å². The minimum atomic E-state index is -0.563. The molecule has 5 nitrogen and oxygen atoms in total. The summed E-state index contributed by atoms with van der Waals surface area (Å²) in [7, 11) is 1.32. The predicted octanol–water partition coefficient (Wildman–Crippen LogP) is 3.08. The van der Waals surface area contributed by atoms with Gasteiger partial charge < -0.3 is 9.64 Å². The Morgan fingerprint density at radius 2 is 2.19 bits per heavy atom. The Bertz CT molecular complexity index is 477. The number of carbonyl (C=O) groups is 2. The molecule has 0 aliphatic rings. The lowest BCUT2D eigenvalue weighted by molar-refractivity contribution is -0.131. The summed E-state index contributed by atoms with van der Waals surface area (Å²) in [6.07, 6.45) is 3.08. The van der Waals surface area contributed by atoms with Crippen molar-refractivity contribution in [3.05, 3.63) is 16.1 Å². The first-order valence-electron chi connectivity index (χ1n) is 6.95. The molecule has 1 aromatic heterocycles. The minimum Gasteiger partial charge on any atom is -0.464 e. The Balaban J connectivity index is 2.73. The van der Waals surface area contributed by atoms with Crippen LogP contribution in [0.15, 0.2) is 5.38 Å². The van der Waals surface area contributed by atoms with Crippen LogP contribution >= 0.6 is 22.9 Å². The van der Waals surface area contributed by atoms with Crippen molar-refractivity contribution in [2.75, 3.05) is 13.7 Å². The Kier molecular flexibility index (Phi) is 7.67. The van der Waals surface area contributed by atoms with Crippen LogP contribution in [-0.2, 0) is 16.1 Å². The van der Waals surface area contributed by atoms with Crippen LogP contribution < -0.4 is 0 Å². The largest absolute Gasteiger partial charge is 0.464 e. The lowest BCUT2D eigenvalue weighted by atomic mass is 10.2. The van der Waals surface area contributed by atoms with Crippen molar-refractivity contribution in [2.24, 2.45) is 0 Å². The zero-order chi connectivity index (χ0) is 15.8. The quantitative estimate of drug-likeness (QED) is 0.417. The lowest BCUT2D eigenvalue weighted by Gasteiger charge is -2.22. The van der Waals surface area contributed by atoms with E-state index in [4.69, 9.17) is 11.6 Å². The van der Waals surface area contributed by atoms with E-state index < -0.39 is 11.3 Å². The molecule has 0 aromatic carbocycles. The summed E-state index contributed by atoms with van der Waals surface area (Å²) < 4.78 is 4.62. The topological polar surface area (TPSA) is 59.5 Å². The Morgan fingerprint density at radius 3 is 2.76 bits per heavy atom. The van der Waals surface area contributed by atoms with Gasteiger partial charge in [-0.05, 0) is 13.3 Å². The van der Waals surface area contributed by atoms with Crippen LogP contribution in [0.5, 0.6) is 0 Å². The third kappa shape index (κ3) is 5.63. The van der Waals surface area contributed by atoms with Gasteiger partial charge >= 0.3 is 5.97 Å². The van der Waals surface area contributed by atoms with Gasteiger partial charge in [0, 0.05) is 11.9 Å². The molecular weight excluding hydrogens is 312 g/mol. The molecule has 0 bridgehead atoms. The standard InChI is InChI=1S/C14H21ClN2O3S/c1-4-5-6-7-17(13(18)10(2)15)8-12-16-11(9-21-12)14(19)20-3/h9-10H,4-8H2,1-3H3. The zero-order valence-electron chi connectivity index (χ0n) is 12.6. The summed E-state index contributed by atoms with van der Waals surface area (Å²) in [5.41, 5.74) is 0.275. The van der Waals surface area contributed by atoms with Crippen LogP contribution in [0.1, 0.15) is 48.6 Å². The first-order chi connectivity index (χ1) is 9.99. The van der Waals surface area contributed by atoms with Gasteiger partial charge in [-0.25, -0.2) is 9.78 Å². The molecule has 0 saturated heterocycles. The fourth-order valence-corrected chi connectivity index (χ4v) is 2.73. The van der Waals surface area contributed by atoms with Gasteiger partial charge in [0.15, 0.2) is 5.69 Å². The van der Waals surface area contributed by atoms with Crippen molar-refractivity contribution in [1.29, 1.82) is 0 Å². The maximum atomic E-state index is 12.1. The number of halogens is 1. The molecule has 1 amide bonds. The third-order valence-corrected chi connectivity index (χ3v) is 3.98. The molecule has 1 aromatic rings. The Labute approximate surface area is 134 Å². The normalized spacial score (nSPS) is 12.0. The summed E-state index contributed by atoms with van der Waals surface area (Å²) in [6.45, 7) is 4.80. The number of unbranched alkanes of at least 4 members (excludes halogenated alkanes) is 2. The number of alkyl halides is 1. The van der Waals surface area contributed by atoms with E-state index in [1.54, 1.807) is 17.2 Å². The van der Waals surface area contributed by atoms with E-state index in [1.165, 1.54) is 18.4 Å². The monoisotopic (exact) mass is 332 g/mol. The van der Waals surface area contributed by atoms with Crippen molar-refractivity contribution in [3.8, 4) is 0 Å². The highest BCUT2D eigenvalue weighted by Crippen LogP contribution is 2.15. The van der Waals surface area contributed by atoms with Gasteiger partial charge in [-0.15, -0.1) is 22.9 Å². The van der Waals surface area contributed by atoms with E-state index in [0.717, 1.165) is 19.3 Å². The first-order valence-corrected chi connectivity index (χ1v) is 8.26. The molecule has 1 unspecified atom stereocenters. The SMILES string of the molecule is CCCCCN(Cc1nc(C(=O)OC)cs1)C(=O)C(C)Cl. The molecule has 1 heterocycles. The molecule has 0 fully saturated rings. The van der Waals surface area contributed by atoms with E-state index in [1.807, 2.05) is 0 Å². The second-order valence-electron chi connectivity index (χ2n) is 4.70. The van der Waals surface area contributed by atoms with Gasteiger partial charge in [0.05, 0.1) is 13.7 Å². The molecule has 0 saturated carbocycles. The molecule has 0 N–H and O–H groups in total. The number of hydrogen-bond acceptors (Lipinski definition) is 5. The number of ether oxygens (including phenoxy) is 1. The number of carbonyl (C=O) groups excluding carboxylic acids is 2. The maximum absolute atomic E-state index is 12.1. The van der Waals surface area contributed by atoms with Gasteiger partial charge in [0.1, 0.15) is 10.4 Å². The van der Waals surface area contributed by atoms with Crippen LogP contribution in [0.3, 0.4) is 0 Å². The Morgan fingerprint density at radius 1 is 1.48 bits per heavy atom. The number of amides is 1. The summed E-state index contributed by atoms with van der Waals surface area (Å²) in [4.78, 5) is 29.4. The van der Waals surface area contributed by atoms with Gasteiger partial charge in [0.2, 0.25) is 5.91 Å². The number of aromatic nitrogens is 1. The fourth-order valence-electron chi connectivity index (χ4n) is 1.82. The average Bonchev–Trinajstić information content (AvgIpc) is 2.93. The van der Waals surface area contributed by atoms with E-state index in [9.17, 15) is 9.59 Å². The Hall–Kier alpha value is -1.14. The number of esters is 1. The molecule has 0 spiro atoms. The predicted molar refractivity (Wildman–Crippen MR) is 83.7 cm³/mol. The zero-order valence-corrected chi connectivity index (χ0v) is 14.2. The first kappa shape index (κ1) is 17.9. The van der Waals surface area contributed by atoms with Crippen LogP contribution in [0, 0.1) is 0 Å². The lowest BCUT2D eigenvalue weighted by Crippen LogP contribution is -2.36. The molecule has 0 aliphatic carbocycles. The number of thiazole rings is 1. The fraction of sp³-hybridized carbons (Fsp3) is 0.643. The highest BCUT2D eigenvalue weighted by molar-refractivity contribution is 7.09. The number of rotatable bonds is 8. The second-order valence-corrected chi connectivity index (χ2v) is 6.30. The van der Waals surface area contributed by atoms with E-state index >= 15 is 0 Å². The van der Waals surface area contributed by atoms with E-state index in [-0.39, 0.29) is 11.6 Å². The van der Waals surface area contributed by atoms with Gasteiger partial charge in [-0.3, -0.25) is 4.79 Å². The number of methoxy groups -OCH3 is 1. The van der Waals surface area contributed by atoms with Crippen molar-refractivity contribution in [2.45, 2.75) is 45.0 Å². The average molecular weight is 333 g/mol. The molecular formula is C14H21ClN2O3S. The summed E-state index contributed by atoms with van der Waals surface area (Å²) >= 11 is 7.24. The molecule has 21 heavy (non-hydrogen) atoms. The molecule has 1 rings (SSSR count). The van der Waals surface area contributed by atoms with E-state index in [2.05, 4.69) is 16.6 Å². The minimum absolute atomic E-state index is 0.109. The highest BCUT2D eigenvalue weighted by Gasteiger charge is 2.20. The smallest absolute Gasteiger partial charge is 0.357 e. The number of nitrogens with zero attached hydrogens (tertiary/aromatic N) is 2. The van der Waals surface area contributed by atoms with Gasteiger partial charge in [-0.1, -0.05) is 19.8 Å². The van der Waals surface area contributed by atoms with Crippen LogP contribution in [-0.4, -0.2) is 40.8 Å². The number of hydrogen-bond donors (Lipinski definition) is 0. The van der Waals surface area contributed by atoms with Crippen molar-refractivity contribution < 1.29 is 14.3 Å². The summed E-state index contributed by atoms with van der Waals surface area (Å²) in [6, 6.07) is 0. The van der Waals surface area contributed by atoms with Crippen molar-refractivity contribution in [1.82, 2.24) is 9.88 Å². The third-order valence-electron chi connectivity index (χ3n) is 2.96.